The van der Waals surface area contributed by atoms with Crippen molar-refractivity contribution in [2.75, 3.05) is 0 Å². The lowest BCUT2D eigenvalue weighted by Gasteiger charge is -2.34. The first-order valence-corrected chi connectivity index (χ1v) is 7.49. The number of hydrogen-bond donors (Lipinski definition) is 1. The smallest absolute Gasteiger partial charge is 0.0305 e. The minimum Gasteiger partial charge on any atom is -0.306 e. The SMILES string of the molecule is c1csc(CNC23CC4CC(CC2C4)C3)c1. The Balaban J connectivity index is 1.51. The Bertz CT molecular complexity index is 369. The first-order valence-electron chi connectivity index (χ1n) is 6.61. The number of nitrogens with one attached hydrogen (secondary N) is 1. The lowest BCUT2D eigenvalue weighted by Crippen LogP contribution is -2.45. The van der Waals surface area contributed by atoms with Gasteiger partial charge in [0.25, 0.3) is 0 Å². The van der Waals surface area contributed by atoms with Crippen molar-refractivity contribution in [2.45, 2.75) is 44.2 Å². The summed E-state index contributed by atoms with van der Waals surface area (Å²) in [6, 6.07) is 4.42. The molecule has 1 nitrogen and oxygen atoms in total. The van der Waals surface area contributed by atoms with E-state index in [4.69, 9.17) is 0 Å². The number of thiophene rings is 1. The van der Waals surface area contributed by atoms with Gasteiger partial charge in [-0.1, -0.05) is 6.07 Å². The average Bonchev–Trinajstić information content (AvgIpc) is 2.90. The van der Waals surface area contributed by atoms with Crippen molar-refractivity contribution in [1.82, 2.24) is 5.32 Å². The van der Waals surface area contributed by atoms with E-state index in [2.05, 4.69) is 22.8 Å². The molecule has 1 aromatic rings. The van der Waals surface area contributed by atoms with Gasteiger partial charge in [-0.05, 0) is 61.3 Å². The summed E-state index contributed by atoms with van der Waals surface area (Å²) in [5.41, 5.74) is 0.553. The zero-order valence-corrected chi connectivity index (χ0v) is 10.4. The summed E-state index contributed by atoms with van der Waals surface area (Å²) < 4.78 is 0. The maximum absolute atomic E-state index is 3.93. The first kappa shape index (κ1) is 9.67. The Labute approximate surface area is 101 Å². The highest BCUT2D eigenvalue weighted by Gasteiger charge is 2.57. The molecule has 86 valence electrons. The van der Waals surface area contributed by atoms with Crippen molar-refractivity contribution in [1.29, 1.82) is 0 Å². The molecule has 4 bridgehead atoms. The molecule has 1 aromatic heterocycles. The van der Waals surface area contributed by atoms with E-state index in [9.17, 15) is 0 Å². The van der Waals surface area contributed by atoms with E-state index >= 15 is 0 Å². The first-order chi connectivity index (χ1) is 7.84. The molecule has 2 heteroatoms. The molecule has 0 amide bonds. The van der Waals surface area contributed by atoms with E-state index in [0.717, 1.165) is 24.3 Å². The summed E-state index contributed by atoms with van der Waals surface area (Å²) in [7, 11) is 0. The van der Waals surface area contributed by atoms with Gasteiger partial charge in [-0.2, -0.15) is 0 Å². The fourth-order valence-corrected chi connectivity index (χ4v) is 5.41. The van der Waals surface area contributed by atoms with Crippen LogP contribution in [0.5, 0.6) is 0 Å². The highest BCUT2D eigenvalue weighted by Crippen LogP contribution is 2.60. The summed E-state index contributed by atoms with van der Waals surface area (Å²) in [6.07, 6.45) is 7.53. The van der Waals surface area contributed by atoms with Crippen LogP contribution in [0.3, 0.4) is 0 Å². The van der Waals surface area contributed by atoms with Crippen molar-refractivity contribution < 1.29 is 0 Å². The van der Waals surface area contributed by atoms with Crippen molar-refractivity contribution in [3.8, 4) is 0 Å². The maximum Gasteiger partial charge on any atom is 0.0305 e. The molecule has 1 N–H and O–H groups in total. The normalized spacial score (nSPS) is 44.4. The van der Waals surface area contributed by atoms with Crippen LogP contribution in [0.4, 0.5) is 0 Å². The predicted octanol–water partition coefficient (Wildman–Crippen LogP) is 3.42. The monoisotopic (exact) mass is 233 g/mol. The Kier molecular flexibility index (Phi) is 2.01. The zero-order chi connectivity index (χ0) is 10.6. The van der Waals surface area contributed by atoms with Crippen LogP contribution in [0.25, 0.3) is 0 Å². The lowest BCUT2D eigenvalue weighted by atomic mass is 9.80. The number of rotatable bonds is 3. The fraction of sp³-hybridized carbons (Fsp3) is 0.714. The topological polar surface area (TPSA) is 12.0 Å². The molecule has 0 spiro atoms. The quantitative estimate of drug-likeness (QED) is 0.843. The Morgan fingerprint density at radius 3 is 2.75 bits per heavy atom. The molecule has 4 saturated carbocycles. The molecular formula is C14H19NS. The molecule has 4 aliphatic carbocycles. The van der Waals surface area contributed by atoms with E-state index < -0.39 is 0 Å². The zero-order valence-electron chi connectivity index (χ0n) is 9.61. The van der Waals surface area contributed by atoms with E-state index in [1.807, 2.05) is 11.3 Å². The molecule has 2 unspecified atom stereocenters. The van der Waals surface area contributed by atoms with Gasteiger partial charge in [-0.3, -0.25) is 0 Å². The van der Waals surface area contributed by atoms with Gasteiger partial charge in [0, 0.05) is 17.0 Å². The van der Waals surface area contributed by atoms with E-state index in [1.165, 1.54) is 30.6 Å². The third-order valence-electron chi connectivity index (χ3n) is 5.18. The summed E-state index contributed by atoms with van der Waals surface area (Å²) in [4.78, 5) is 1.50. The fourth-order valence-electron chi connectivity index (χ4n) is 4.76. The van der Waals surface area contributed by atoms with Gasteiger partial charge in [0.1, 0.15) is 0 Å². The second-order valence-corrected chi connectivity index (χ2v) is 7.17. The van der Waals surface area contributed by atoms with Gasteiger partial charge in [0.2, 0.25) is 0 Å². The van der Waals surface area contributed by atoms with Crippen molar-refractivity contribution in [3.05, 3.63) is 22.4 Å². The largest absolute Gasteiger partial charge is 0.306 e. The molecule has 16 heavy (non-hydrogen) atoms. The Morgan fingerprint density at radius 2 is 2.06 bits per heavy atom. The molecule has 0 aliphatic heterocycles. The maximum atomic E-state index is 3.93. The third kappa shape index (κ3) is 1.32. The van der Waals surface area contributed by atoms with Crippen LogP contribution in [-0.2, 0) is 6.54 Å². The van der Waals surface area contributed by atoms with Crippen molar-refractivity contribution in [2.24, 2.45) is 17.8 Å². The Morgan fingerprint density at radius 1 is 1.25 bits per heavy atom. The standard InChI is InChI=1S/C14H19NS/c1-2-13(16-3-1)9-15-14-7-10-4-11(8-14)6-12(14)5-10/h1-3,10-12,15H,4-9H2. The van der Waals surface area contributed by atoms with Gasteiger partial charge in [0.05, 0.1) is 0 Å². The lowest BCUT2D eigenvalue weighted by molar-refractivity contribution is 0.233. The van der Waals surface area contributed by atoms with Crippen LogP contribution >= 0.6 is 11.3 Å². The van der Waals surface area contributed by atoms with Gasteiger partial charge >= 0.3 is 0 Å². The molecule has 5 rings (SSSR count). The van der Waals surface area contributed by atoms with Gasteiger partial charge in [0.15, 0.2) is 0 Å². The van der Waals surface area contributed by atoms with Crippen molar-refractivity contribution >= 4 is 11.3 Å². The minimum absolute atomic E-state index is 0.553. The predicted molar refractivity (Wildman–Crippen MR) is 67.4 cm³/mol. The van der Waals surface area contributed by atoms with Crippen LogP contribution in [0, 0.1) is 17.8 Å². The molecule has 0 radical (unpaired) electrons. The third-order valence-corrected chi connectivity index (χ3v) is 6.06. The van der Waals surface area contributed by atoms with Crippen LogP contribution < -0.4 is 5.32 Å². The molecule has 1 heterocycles. The molecule has 4 aliphatic rings. The van der Waals surface area contributed by atoms with Crippen LogP contribution in [0.15, 0.2) is 17.5 Å². The Hall–Kier alpha value is -0.340. The van der Waals surface area contributed by atoms with Gasteiger partial charge in [-0.15, -0.1) is 11.3 Å². The molecule has 0 aromatic carbocycles. The minimum atomic E-state index is 0.553. The number of hydrogen-bond acceptors (Lipinski definition) is 2. The van der Waals surface area contributed by atoms with Crippen LogP contribution in [0.2, 0.25) is 0 Å². The summed E-state index contributed by atoms with van der Waals surface area (Å²) in [5.74, 6) is 3.14. The van der Waals surface area contributed by atoms with E-state index in [-0.39, 0.29) is 0 Å². The molecule has 4 fully saturated rings. The molecule has 2 atom stereocenters. The summed E-state index contributed by atoms with van der Waals surface area (Å²) >= 11 is 1.89. The summed E-state index contributed by atoms with van der Waals surface area (Å²) in [6.45, 7) is 1.10. The highest BCUT2D eigenvalue weighted by atomic mass is 32.1. The second kappa shape index (κ2) is 3.33. The second-order valence-electron chi connectivity index (χ2n) is 6.13. The highest BCUT2D eigenvalue weighted by molar-refractivity contribution is 7.09. The van der Waals surface area contributed by atoms with Crippen molar-refractivity contribution in [3.63, 3.8) is 0 Å². The molecule has 0 saturated heterocycles. The summed E-state index contributed by atoms with van der Waals surface area (Å²) in [5, 5.41) is 6.12. The van der Waals surface area contributed by atoms with E-state index in [1.54, 1.807) is 6.42 Å². The van der Waals surface area contributed by atoms with Crippen LogP contribution in [-0.4, -0.2) is 5.54 Å². The van der Waals surface area contributed by atoms with E-state index in [0.29, 0.717) is 5.54 Å². The van der Waals surface area contributed by atoms with Gasteiger partial charge < -0.3 is 5.32 Å². The molecular weight excluding hydrogens is 214 g/mol. The average molecular weight is 233 g/mol. The van der Waals surface area contributed by atoms with Gasteiger partial charge in [-0.25, -0.2) is 0 Å². The van der Waals surface area contributed by atoms with Crippen LogP contribution in [0.1, 0.15) is 37.0 Å².